The second-order valence-electron chi connectivity index (χ2n) is 7.61. The number of para-hydroxylation sites is 1. The molecule has 2 N–H and O–H groups in total. The molecule has 1 aliphatic heterocycles. The summed E-state index contributed by atoms with van der Waals surface area (Å²) in [6, 6.07) is 9.89. The molecule has 0 radical (unpaired) electrons. The van der Waals surface area contributed by atoms with Crippen LogP contribution in [-0.2, 0) is 0 Å². The normalized spacial score (nSPS) is 14.7. The summed E-state index contributed by atoms with van der Waals surface area (Å²) in [5.41, 5.74) is 1.67. The van der Waals surface area contributed by atoms with Gasteiger partial charge < -0.3 is 15.3 Å². The molecule has 0 unspecified atom stereocenters. The molecule has 1 atom stereocenters. The topological polar surface area (TPSA) is 111 Å². The number of carboxylic acid groups (broad SMARTS) is 1. The molecule has 158 valence electrons. The van der Waals surface area contributed by atoms with Crippen LogP contribution in [0.25, 0.3) is 5.65 Å². The van der Waals surface area contributed by atoms with E-state index >= 15 is 0 Å². The highest BCUT2D eigenvalue weighted by Gasteiger charge is 2.31. The van der Waals surface area contributed by atoms with Crippen LogP contribution in [-0.4, -0.2) is 39.7 Å². The van der Waals surface area contributed by atoms with Crippen LogP contribution in [0.15, 0.2) is 41.3 Å². The summed E-state index contributed by atoms with van der Waals surface area (Å²) in [5.74, 6) is -0.886. The van der Waals surface area contributed by atoms with Gasteiger partial charge in [-0.05, 0) is 37.6 Å². The van der Waals surface area contributed by atoms with Crippen molar-refractivity contribution < 1.29 is 14.3 Å². The highest BCUT2D eigenvalue weighted by molar-refractivity contribution is 5.94. The van der Waals surface area contributed by atoms with Crippen molar-refractivity contribution in [3.05, 3.63) is 69.1 Å². The third-order valence-electron chi connectivity index (χ3n) is 5.31. The van der Waals surface area contributed by atoms with Gasteiger partial charge in [-0.2, -0.15) is 5.26 Å². The highest BCUT2D eigenvalue weighted by atomic mass is 19.1. The second kappa shape index (κ2) is 7.72. The maximum Gasteiger partial charge on any atom is 0.337 e. The van der Waals surface area contributed by atoms with Crippen LogP contribution in [0.1, 0.15) is 40.0 Å². The van der Waals surface area contributed by atoms with Gasteiger partial charge in [-0.3, -0.25) is 9.20 Å². The van der Waals surface area contributed by atoms with Gasteiger partial charge in [0.2, 0.25) is 0 Å². The van der Waals surface area contributed by atoms with Crippen molar-refractivity contribution in [2.75, 3.05) is 23.3 Å². The Morgan fingerprint density at radius 3 is 2.74 bits per heavy atom. The number of nitrogens with zero attached hydrogens (tertiary/aromatic N) is 4. The van der Waals surface area contributed by atoms with E-state index in [1.807, 2.05) is 26.0 Å². The molecule has 0 bridgehead atoms. The van der Waals surface area contributed by atoms with Crippen molar-refractivity contribution in [1.82, 2.24) is 9.38 Å². The predicted molar refractivity (Wildman–Crippen MR) is 113 cm³/mol. The van der Waals surface area contributed by atoms with Crippen LogP contribution < -0.4 is 15.8 Å². The molecule has 1 aliphatic rings. The number of rotatable bonds is 5. The average Bonchev–Trinajstić information content (AvgIpc) is 2.71. The molecule has 0 spiro atoms. The third-order valence-corrected chi connectivity index (χ3v) is 5.31. The van der Waals surface area contributed by atoms with Crippen LogP contribution >= 0.6 is 0 Å². The van der Waals surface area contributed by atoms with E-state index in [1.54, 1.807) is 29.3 Å². The summed E-state index contributed by atoms with van der Waals surface area (Å²) in [6.07, 6.45) is 0.586. The van der Waals surface area contributed by atoms with Gasteiger partial charge in [-0.15, -0.1) is 0 Å². The Hall–Kier alpha value is -3.93. The molecule has 2 aromatic heterocycles. The van der Waals surface area contributed by atoms with Crippen molar-refractivity contribution in [3.63, 3.8) is 0 Å². The number of nitriles is 1. The number of aryl methyl sites for hydroxylation is 1. The Morgan fingerprint density at radius 2 is 2.10 bits per heavy atom. The summed E-state index contributed by atoms with van der Waals surface area (Å²) < 4.78 is 14.7. The number of benzene rings is 1. The van der Waals surface area contributed by atoms with Gasteiger partial charge in [-0.25, -0.2) is 14.2 Å². The lowest BCUT2D eigenvalue weighted by molar-refractivity contribution is 0.0698. The molecule has 0 amide bonds. The maximum absolute atomic E-state index is 13.4. The zero-order valence-electron chi connectivity index (χ0n) is 17.0. The Bertz CT molecular complexity index is 1290. The Balaban J connectivity index is 1.85. The van der Waals surface area contributed by atoms with E-state index in [0.29, 0.717) is 16.9 Å². The second-order valence-corrected chi connectivity index (χ2v) is 7.61. The third kappa shape index (κ3) is 3.57. The molecule has 4 rings (SSSR count). The molecule has 3 aromatic rings. The molecule has 9 heteroatoms. The van der Waals surface area contributed by atoms with Crippen LogP contribution in [0.5, 0.6) is 0 Å². The quantitative estimate of drug-likeness (QED) is 0.652. The van der Waals surface area contributed by atoms with Gasteiger partial charge in [0, 0.05) is 17.4 Å². The smallest absolute Gasteiger partial charge is 0.337 e. The van der Waals surface area contributed by atoms with E-state index < -0.39 is 23.7 Å². The Labute approximate surface area is 177 Å². The molecule has 0 aliphatic carbocycles. The molecule has 31 heavy (non-hydrogen) atoms. The van der Waals surface area contributed by atoms with Crippen molar-refractivity contribution >= 4 is 23.1 Å². The molecule has 1 fully saturated rings. The Morgan fingerprint density at radius 1 is 1.39 bits per heavy atom. The van der Waals surface area contributed by atoms with Crippen LogP contribution in [0.2, 0.25) is 0 Å². The molecule has 8 nitrogen and oxygen atoms in total. The lowest BCUT2D eigenvalue weighted by atomic mass is 10.1. The first-order chi connectivity index (χ1) is 14.8. The monoisotopic (exact) mass is 421 g/mol. The first-order valence-corrected chi connectivity index (χ1v) is 9.75. The molecular formula is C22H20FN5O3. The summed E-state index contributed by atoms with van der Waals surface area (Å²) in [7, 11) is 0. The van der Waals surface area contributed by atoms with Crippen LogP contribution in [0.3, 0.4) is 0 Å². The van der Waals surface area contributed by atoms with Crippen LogP contribution in [0, 0.1) is 18.3 Å². The molecule has 0 saturated carbocycles. The summed E-state index contributed by atoms with van der Waals surface area (Å²) >= 11 is 0. The molecule has 1 saturated heterocycles. The van der Waals surface area contributed by atoms with Crippen molar-refractivity contribution in [1.29, 1.82) is 5.26 Å². The largest absolute Gasteiger partial charge is 0.478 e. The molecule has 3 heterocycles. The standard InChI is InChI=1S/C22H20FN5O3/c1-12-7-16(13(2)25-18-6-4-3-5-15(18)22(30)31)20-26-19(27-10-14(23)11-27)17(8-24)21(29)28(20)9-12/h3-7,9,13-14,25H,10-11H2,1-2H3,(H,30,31)/t13-/m1/s1. The van der Waals surface area contributed by atoms with Gasteiger partial charge in [0.25, 0.3) is 5.56 Å². The van der Waals surface area contributed by atoms with E-state index in [0.717, 1.165) is 5.56 Å². The summed E-state index contributed by atoms with van der Waals surface area (Å²) in [4.78, 5) is 30.7. The van der Waals surface area contributed by atoms with Crippen molar-refractivity contribution in [2.24, 2.45) is 0 Å². The number of halogens is 1. The van der Waals surface area contributed by atoms with Crippen molar-refractivity contribution in [3.8, 4) is 6.07 Å². The first-order valence-electron chi connectivity index (χ1n) is 9.75. The summed E-state index contributed by atoms with van der Waals surface area (Å²) in [6.45, 7) is 3.81. The van der Waals surface area contributed by atoms with E-state index in [-0.39, 0.29) is 30.0 Å². The van der Waals surface area contributed by atoms with Gasteiger partial charge in [-0.1, -0.05) is 12.1 Å². The predicted octanol–water partition coefficient (Wildman–Crippen LogP) is 2.90. The van der Waals surface area contributed by atoms with E-state index in [4.69, 9.17) is 0 Å². The lowest BCUT2D eigenvalue weighted by Crippen LogP contribution is -2.50. The highest BCUT2D eigenvalue weighted by Crippen LogP contribution is 2.28. The lowest BCUT2D eigenvalue weighted by Gasteiger charge is -2.35. The zero-order valence-corrected chi connectivity index (χ0v) is 17.0. The SMILES string of the molecule is Cc1cc([C@@H](C)Nc2ccccc2C(=O)O)c2nc(N3CC(F)C3)c(C#N)c(=O)n2c1. The number of aromatic carboxylic acids is 1. The number of carbonyl (C=O) groups is 1. The Kier molecular flexibility index (Phi) is 5.07. The number of nitrogens with one attached hydrogen (secondary N) is 1. The van der Waals surface area contributed by atoms with Gasteiger partial charge in [0.15, 0.2) is 11.4 Å². The fourth-order valence-corrected chi connectivity index (χ4v) is 3.75. The number of hydrogen-bond donors (Lipinski definition) is 2. The fourth-order valence-electron chi connectivity index (χ4n) is 3.75. The van der Waals surface area contributed by atoms with E-state index in [9.17, 15) is 24.3 Å². The van der Waals surface area contributed by atoms with Gasteiger partial charge in [0.05, 0.1) is 24.7 Å². The average molecular weight is 421 g/mol. The minimum atomic E-state index is -1.06. The van der Waals surface area contributed by atoms with Gasteiger partial charge >= 0.3 is 5.97 Å². The minimum Gasteiger partial charge on any atom is -0.478 e. The number of carboxylic acids is 1. The maximum atomic E-state index is 13.4. The fraction of sp³-hybridized carbons (Fsp3) is 0.273. The number of hydrogen-bond acceptors (Lipinski definition) is 6. The number of anilines is 2. The van der Waals surface area contributed by atoms with E-state index in [2.05, 4.69) is 10.3 Å². The van der Waals surface area contributed by atoms with Crippen LogP contribution in [0.4, 0.5) is 15.9 Å². The van der Waals surface area contributed by atoms with Gasteiger partial charge in [0.1, 0.15) is 17.9 Å². The number of alkyl halides is 1. The van der Waals surface area contributed by atoms with Crippen molar-refractivity contribution in [2.45, 2.75) is 26.1 Å². The van der Waals surface area contributed by atoms with E-state index in [1.165, 1.54) is 10.5 Å². The number of aromatic nitrogens is 2. The minimum absolute atomic E-state index is 0.0816. The number of fused-ring (bicyclic) bond motifs is 1. The molecular weight excluding hydrogens is 401 g/mol. The first kappa shape index (κ1) is 20.3. The summed E-state index contributed by atoms with van der Waals surface area (Å²) in [5, 5.41) is 22.2. The number of pyridine rings is 1. The molecule has 1 aromatic carbocycles. The zero-order chi connectivity index (χ0) is 22.3.